The predicted molar refractivity (Wildman–Crippen MR) is 84.0 cm³/mol. The number of amides is 1. The van der Waals surface area contributed by atoms with E-state index in [1.54, 1.807) is 18.1 Å². The molecule has 104 valence electrons. The molecular weight excluding hydrogens is 260 g/mol. The molecular formula is C18H16N2O. The molecule has 0 aliphatic rings. The first kappa shape index (κ1) is 13.3. The van der Waals surface area contributed by atoms with Crippen molar-refractivity contribution in [1.29, 1.82) is 0 Å². The normalized spacial score (nSPS) is 10.5. The van der Waals surface area contributed by atoms with E-state index in [0.717, 1.165) is 16.3 Å². The highest BCUT2D eigenvalue weighted by Crippen LogP contribution is 2.18. The van der Waals surface area contributed by atoms with Crippen LogP contribution in [0.15, 0.2) is 66.9 Å². The second-order valence-electron chi connectivity index (χ2n) is 5.03. The van der Waals surface area contributed by atoms with Crippen LogP contribution in [0.3, 0.4) is 0 Å². The second-order valence-corrected chi connectivity index (χ2v) is 5.03. The molecule has 0 N–H and O–H groups in total. The fourth-order valence-electron chi connectivity index (χ4n) is 2.40. The van der Waals surface area contributed by atoms with Crippen molar-refractivity contribution in [3.05, 3.63) is 78.1 Å². The number of carbonyl (C=O) groups excluding carboxylic acids is 1. The van der Waals surface area contributed by atoms with Gasteiger partial charge in [-0.1, -0.05) is 54.6 Å². The minimum atomic E-state index is -0.0596. The Morgan fingerprint density at radius 1 is 1.00 bits per heavy atom. The summed E-state index contributed by atoms with van der Waals surface area (Å²) in [5.41, 5.74) is 1.61. The van der Waals surface area contributed by atoms with Crippen molar-refractivity contribution < 1.29 is 4.79 Å². The predicted octanol–water partition coefficient (Wildman–Crippen LogP) is 3.51. The van der Waals surface area contributed by atoms with Gasteiger partial charge < -0.3 is 4.90 Å². The maximum Gasteiger partial charge on any atom is 0.273 e. The first-order valence-electron chi connectivity index (χ1n) is 6.89. The number of hydrogen-bond acceptors (Lipinski definition) is 2. The van der Waals surface area contributed by atoms with Crippen molar-refractivity contribution in [1.82, 2.24) is 9.88 Å². The summed E-state index contributed by atoms with van der Waals surface area (Å²) in [7, 11) is 1.80. The van der Waals surface area contributed by atoms with Crippen LogP contribution in [0.1, 0.15) is 16.1 Å². The van der Waals surface area contributed by atoms with Crippen LogP contribution in [0.2, 0.25) is 0 Å². The number of hydrogen-bond donors (Lipinski definition) is 0. The monoisotopic (exact) mass is 276 g/mol. The van der Waals surface area contributed by atoms with Crippen LogP contribution in [-0.4, -0.2) is 22.8 Å². The molecule has 0 aliphatic carbocycles. The zero-order chi connectivity index (χ0) is 14.7. The van der Waals surface area contributed by atoms with Crippen LogP contribution in [0.5, 0.6) is 0 Å². The topological polar surface area (TPSA) is 33.2 Å². The van der Waals surface area contributed by atoms with E-state index in [2.05, 4.69) is 4.98 Å². The Bertz CT molecular complexity index is 763. The van der Waals surface area contributed by atoms with E-state index in [0.29, 0.717) is 12.2 Å². The molecule has 1 amide bonds. The van der Waals surface area contributed by atoms with Gasteiger partial charge in [-0.15, -0.1) is 0 Å². The zero-order valence-corrected chi connectivity index (χ0v) is 11.9. The largest absolute Gasteiger partial charge is 0.336 e. The molecule has 3 heteroatoms. The van der Waals surface area contributed by atoms with Gasteiger partial charge in [-0.25, -0.2) is 0 Å². The molecule has 0 fully saturated rings. The lowest BCUT2D eigenvalue weighted by Gasteiger charge is -2.17. The average Bonchev–Trinajstić information content (AvgIpc) is 2.54. The fraction of sp³-hybridized carbons (Fsp3) is 0.111. The van der Waals surface area contributed by atoms with Gasteiger partial charge in [-0.3, -0.25) is 9.78 Å². The summed E-state index contributed by atoms with van der Waals surface area (Å²) in [6.07, 6.45) is 1.69. The smallest absolute Gasteiger partial charge is 0.273 e. The number of benzene rings is 2. The van der Waals surface area contributed by atoms with E-state index in [1.807, 2.05) is 60.7 Å². The number of pyridine rings is 1. The van der Waals surface area contributed by atoms with E-state index < -0.39 is 0 Å². The fourth-order valence-corrected chi connectivity index (χ4v) is 2.40. The molecule has 1 aromatic heterocycles. The number of rotatable bonds is 3. The maximum atomic E-state index is 12.6. The minimum absolute atomic E-state index is 0.0596. The van der Waals surface area contributed by atoms with Gasteiger partial charge in [0.15, 0.2) is 0 Å². The van der Waals surface area contributed by atoms with Crippen LogP contribution in [0.4, 0.5) is 0 Å². The van der Waals surface area contributed by atoms with E-state index >= 15 is 0 Å². The number of aromatic nitrogens is 1. The highest BCUT2D eigenvalue weighted by molar-refractivity contribution is 6.04. The summed E-state index contributed by atoms with van der Waals surface area (Å²) in [4.78, 5) is 18.6. The summed E-state index contributed by atoms with van der Waals surface area (Å²) in [5, 5.41) is 1.92. The number of nitrogens with zero attached hydrogens (tertiary/aromatic N) is 2. The average molecular weight is 276 g/mol. The van der Waals surface area contributed by atoms with Gasteiger partial charge in [-0.2, -0.15) is 0 Å². The van der Waals surface area contributed by atoms with Gasteiger partial charge in [0.1, 0.15) is 5.69 Å². The van der Waals surface area contributed by atoms with Gasteiger partial charge >= 0.3 is 0 Å². The van der Waals surface area contributed by atoms with Gasteiger partial charge in [0.05, 0.1) is 0 Å². The van der Waals surface area contributed by atoms with E-state index in [4.69, 9.17) is 0 Å². The lowest BCUT2D eigenvalue weighted by Crippen LogP contribution is -2.27. The molecule has 0 unspecified atom stereocenters. The second kappa shape index (κ2) is 5.75. The van der Waals surface area contributed by atoms with Gasteiger partial charge in [0.25, 0.3) is 5.91 Å². The van der Waals surface area contributed by atoms with Gasteiger partial charge in [-0.05, 0) is 17.0 Å². The van der Waals surface area contributed by atoms with Crippen molar-refractivity contribution >= 4 is 16.7 Å². The Hall–Kier alpha value is -2.68. The van der Waals surface area contributed by atoms with Gasteiger partial charge in [0, 0.05) is 25.2 Å². The van der Waals surface area contributed by atoms with E-state index in [1.165, 1.54) is 0 Å². The number of fused-ring (bicyclic) bond motifs is 1. The van der Waals surface area contributed by atoms with Crippen LogP contribution in [0, 0.1) is 0 Å². The molecule has 0 radical (unpaired) electrons. The van der Waals surface area contributed by atoms with Crippen LogP contribution in [0.25, 0.3) is 10.8 Å². The molecule has 0 bridgehead atoms. The molecule has 0 saturated heterocycles. The Morgan fingerprint density at radius 3 is 2.52 bits per heavy atom. The molecule has 2 aromatic carbocycles. The van der Waals surface area contributed by atoms with E-state index in [9.17, 15) is 4.79 Å². The highest BCUT2D eigenvalue weighted by atomic mass is 16.2. The highest BCUT2D eigenvalue weighted by Gasteiger charge is 2.16. The summed E-state index contributed by atoms with van der Waals surface area (Å²) >= 11 is 0. The molecule has 3 nitrogen and oxygen atoms in total. The van der Waals surface area contributed by atoms with Crippen LogP contribution in [-0.2, 0) is 6.54 Å². The van der Waals surface area contributed by atoms with Crippen molar-refractivity contribution in [3.8, 4) is 0 Å². The molecule has 0 aliphatic heterocycles. The third-order valence-corrected chi connectivity index (χ3v) is 3.49. The Balaban J connectivity index is 1.90. The Labute approximate surface area is 123 Å². The Morgan fingerprint density at radius 2 is 1.71 bits per heavy atom. The molecule has 0 spiro atoms. The lowest BCUT2D eigenvalue weighted by atomic mass is 10.1. The van der Waals surface area contributed by atoms with Crippen molar-refractivity contribution in [2.24, 2.45) is 0 Å². The molecule has 3 aromatic rings. The third-order valence-electron chi connectivity index (χ3n) is 3.49. The zero-order valence-electron chi connectivity index (χ0n) is 11.9. The van der Waals surface area contributed by atoms with Crippen LogP contribution < -0.4 is 0 Å². The quantitative estimate of drug-likeness (QED) is 0.733. The van der Waals surface area contributed by atoms with Gasteiger partial charge in [0.2, 0.25) is 0 Å². The lowest BCUT2D eigenvalue weighted by molar-refractivity contribution is 0.0781. The Kier molecular flexibility index (Phi) is 3.65. The first-order valence-corrected chi connectivity index (χ1v) is 6.89. The molecule has 21 heavy (non-hydrogen) atoms. The minimum Gasteiger partial charge on any atom is -0.336 e. The van der Waals surface area contributed by atoms with Crippen molar-refractivity contribution in [2.45, 2.75) is 6.54 Å². The maximum absolute atomic E-state index is 12.6. The SMILES string of the molecule is CN(Cc1ccccc1)C(=O)c1nccc2ccccc12. The number of carbonyl (C=O) groups is 1. The first-order chi connectivity index (χ1) is 10.3. The third kappa shape index (κ3) is 2.77. The summed E-state index contributed by atoms with van der Waals surface area (Å²) < 4.78 is 0. The summed E-state index contributed by atoms with van der Waals surface area (Å²) in [5.74, 6) is -0.0596. The molecule has 3 rings (SSSR count). The molecule has 0 atom stereocenters. The molecule has 0 saturated carbocycles. The molecule has 1 heterocycles. The van der Waals surface area contributed by atoms with E-state index in [-0.39, 0.29) is 5.91 Å². The van der Waals surface area contributed by atoms with Crippen molar-refractivity contribution in [3.63, 3.8) is 0 Å². The standard InChI is InChI=1S/C18H16N2O/c1-20(13-14-7-3-2-4-8-14)18(21)17-16-10-6-5-9-15(16)11-12-19-17/h2-12H,13H2,1H3. The van der Waals surface area contributed by atoms with Crippen molar-refractivity contribution in [2.75, 3.05) is 7.05 Å². The van der Waals surface area contributed by atoms with Crippen LogP contribution >= 0.6 is 0 Å². The summed E-state index contributed by atoms with van der Waals surface area (Å²) in [6.45, 7) is 0.574. The summed E-state index contributed by atoms with van der Waals surface area (Å²) in [6, 6.07) is 19.7.